The summed E-state index contributed by atoms with van der Waals surface area (Å²) in [4.78, 5) is 16.2. The molecule has 2 rings (SSSR count). The maximum atomic E-state index is 13.0. The molecule has 0 bridgehead atoms. The number of nitrogens with one attached hydrogen (secondary N) is 1. The fourth-order valence-corrected chi connectivity index (χ4v) is 3.00. The lowest BCUT2D eigenvalue weighted by Crippen LogP contribution is -2.28. The van der Waals surface area contributed by atoms with Crippen LogP contribution < -0.4 is 5.32 Å². The van der Waals surface area contributed by atoms with E-state index in [1.807, 2.05) is 34.9 Å². The quantitative estimate of drug-likeness (QED) is 0.814. The van der Waals surface area contributed by atoms with Gasteiger partial charge in [-0.25, -0.2) is 9.37 Å². The van der Waals surface area contributed by atoms with Crippen LogP contribution in [-0.4, -0.2) is 17.4 Å². The second-order valence-corrected chi connectivity index (χ2v) is 6.19. The molecule has 0 aliphatic carbocycles. The lowest BCUT2D eigenvalue weighted by atomic mass is 10.1. The topological polar surface area (TPSA) is 42.0 Å². The second-order valence-electron chi connectivity index (χ2n) is 4.11. The third kappa shape index (κ3) is 3.73. The van der Waals surface area contributed by atoms with Crippen molar-refractivity contribution in [3.8, 4) is 0 Å². The van der Waals surface area contributed by atoms with Crippen molar-refractivity contribution in [3.63, 3.8) is 0 Å². The number of aromatic nitrogens is 1. The smallest absolute Gasteiger partial charge is 0.252 e. The maximum Gasteiger partial charge on any atom is 0.252 e. The molecule has 100 valence electrons. The number of benzene rings is 1. The van der Waals surface area contributed by atoms with Crippen molar-refractivity contribution < 1.29 is 9.18 Å². The fraction of sp³-hybridized carbons (Fsp3) is 0.231. The summed E-state index contributed by atoms with van der Waals surface area (Å²) < 4.78 is 13.6. The minimum atomic E-state index is -0.336. The summed E-state index contributed by atoms with van der Waals surface area (Å²) in [6.45, 7) is 2.52. The van der Waals surface area contributed by atoms with Crippen LogP contribution in [0.25, 0.3) is 0 Å². The molecule has 1 N–H and O–H groups in total. The van der Waals surface area contributed by atoms with Gasteiger partial charge in [-0.3, -0.25) is 4.79 Å². The Balaban J connectivity index is 1.98. The molecule has 0 fully saturated rings. The minimum Gasteiger partial charge on any atom is -0.351 e. The van der Waals surface area contributed by atoms with Crippen LogP contribution in [0.1, 0.15) is 28.2 Å². The molecule has 1 atom stereocenters. The van der Waals surface area contributed by atoms with Gasteiger partial charge >= 0.3 is 0 Å². The first-order valence-corrected chi connectivity index (χ1v) is 7.66. The highest BCUT2D eigenvalue weighted by molar-refractivity contribution is 14.1. The van der Waals surface area contributed by atoms with Gasteiger partial charge in [0.05, 0.1) is 10.6 Å². The van der Waals surface area contributed by atoms with E-state index in [9.17, 15) is 9.18 Å². The molecule has 1 aromatic carbocycles. The highest BCUT2D eigenvalue weighted by Gasteiger charge is 2.13. The van der Waals surface area contributed by atoms with Gasteiger partial charge in [-0.2, -0.15) is 0 Å². The van der Waals surface area contributed by atoms with Gasteiger partial charge in [0, 0.05) is 27.6 Å². The van der Waals surface area contributed by atoms with Gasteiger partial charge in [0.2, 0.25) is 0 Å². The van der Waals surface area contributed by atoms with E-state index in [1.54, 1.807) is 17.5 Å². The molecule has 1 heterocycles. The fourth-order valence-electron chi connectivity index (χ4n) is 1.58. The molecule has 1 aromatic heterocycles. The van der Waals surface area contributed by atoms with Crippen molar-refractivity contribution in [2.24, 2.45) is 0 Å². The van der Waals surface area contributed by atoms with Crippen molar-refractivity contribution in [3.05, 3.63) is 49.7 Å². The van der Waals surface area contributed by atoms with Crippen molar-refractivity contribution >= 4 is 39.8 Å². The normalized spacial score (nSPS) is 12.2. The second kappa shape index (κ2) is 6.42. The van der Waals surface area contributed by atoms with Crippen LogP contribution in [0.2, 0.25) is 0 Å². The van der Waals surface area contributed by atoms with E-state index in [0.717, 1.165) is 5.01 Å². The highest BCUT2D eigenvalue weighted by atomic mass is 127. The van der Waals surface area contributed by atoms with Gasteiger partial charge in [-0.1, -0.05) is 6.92 Å². The van der Waals surface area contributed by atoms with Crippen molar-refractivity contribution in [1.29, 1.82) is 0 Å². The van der Waals surface area contributed by atoms with Crippen LogP contribution in [0.3, 0.4) is 0 Å². The Bertz CT molecular complexity index is 574. The summed E-state index contributed by atoms with van der Waals surface area (Å²) in [5.41, 5.74) is 0.494. The first-order chi connectivity index (χ1) is 9.08. The zero-order chi connectivity index (χ0) is 13.8. The number of carbonyl (C=O) groups is 1. The summed E-state index contributed by atoms with van der Waals surface area (Å²) in [5, 5.41) is 5.76. The number of nitrogens with zero attached hydrogens (tertiary/aromatic N) is 1. The Kier molecular flexibility index (Phi) is 4.87. The summed E-state index contributed by atoms with van der Waals surface area (Å²) in [7, 11) is 0. The third-order valence-electron chi connectivity index (χ3n) is 2.62. The molecule has 0 saturated carbocycles. The molecular formula is C13H12FIN2OS. The zero-order valence-electron chi connectivity index (χ0n) is 10.2. The molecule has 2 aromatic rings. The van der Waals surface area contributed by atoms with Gasteiger partial charge in [0.25, 0.3) is 5.91 Å². The Morgan fingerprint density at radius 3 is 3.00 bits per heavy atom. The van der Waals surface area contributed by atoms with Crippen LogP contribution in [0.15, 0.2) is 29.8 Å². The van der Waals surface area contributed by atoms with Gasteiger partial charge in [-0.05, 0) is 40.8 Å². The molecule has 0 spiro atoms. The number of hydrogen-bond donors (Lipinski definition) is 1. The van der Waals surface area contributed by atoms with Gasteiger partial charge in [0.1, 0.15) is 5.82 Å². The van der Waals surface area contributed by atoms with E-state index in [0.29, 0.717) is 15.7 Å². The summed E-state index contributed by atoms with van der Waals surface area (Å²) >= 11 is 3.53. The van der Waals surface area contributed by atoms with E-state index in [2.05, 4.69) is 10.3 Å². The molecule has 0 saturated heterocycles. The SMILES string of the molecule is CC(CNC(=O)c1ccc(F)cc1I)c1nccs1. The average molecular weight is 390 g/mol. The number of carbonyl (C=O) groups excluding carboxylic acids is 1. The van der Waals surface area contributed by atoms with E-state index in [1.165, 1.54) is 18.2 Å². The summed E-state index contributed by atoms with van der Waals surface area (Å²) in [6.07, 6.45) is 1.75. The van der Waals surface area contributed by atoms with E-state index in [-0.39, 0.29) is 17.6 Å². The molecule has 19 heavy (non-hydrogen) atoms. The van der Waals surface area contributed by atoms with E-state index < -0.39 is 0 Å². The third-order valence-corrected chi connectivity index (χ3v) is 4.52. The lowest BCUT2D eigenvalue weighted by molar-refractivity contribution is 0.0950. The molecule has 0 aliphatic rings. The molecular weight excluding hydrogens is 378 g/mol. The summed E-state index contributed by atoms with van der Waals surface area (Å²) in [6, 6.07) is 4.14. The maximum absolute atomic E-state index is 13.0. The Labute approximate surface area is 128 Å². The standard InChI is InChI=1S/C13H12FIN2OS/c1-8(13-16-4-5-19-13)7-17-12(18)10-3-2-9(14)6-11(10)15/h2-6,8H,7H2,1H3,(H,17,18). The molecule has 1 amide bonds. The number of thiazole rings is 1. The van der Waals surface area contributed by atoms with Crippen molar-refractivity contribution in [2.45, 2.75) is 12.8 Å². The Morgan fingerprint density at radius 2 is 2.37 bits per heavy atom. The Morgan fingerprint density at radius 1 is 1.58 bits per heavy atom. The monoisotopic (exact) mass is 390 g/mol. The van der Waals surface area contributed by atoms with Gasteiger partial charge in [-0.15, -0.1) is 11.3 Å². The van der Waals surface area contributed by atoms with E-state index in [4.69, 9.17) is 0 Å². The van der Waals surface area contributed by atoms with Crippen LogP contribution in [0.4, 0.5) is 4.39 Å². The average Bonchev–Trinajstić information content (AvgIpc) is 2.89. The first-order valence-electron chi connectivity index (χ1n) is 5.70. The molecule has 6 heteroatoms. The first kappa shape index (κ1) is 14.4. The zero-order valence-corrected chi connectivity index (χ0v) is 13.2. The molecule has 1 unspecified atom stereocenters. The predicted octanol–water partition coefficient (Wildman–Crippen LogP) is 3.42. The largest absolute Gasteiger partial charge is 0.351 e. The van der Waals surface area contributed by atoms with Crippen molar-refractivity contribution in [1.82, 2.24) is 10.3 Å². The predicted molar refractivity (Wildman–Crippen MR) is 82.0 cm³/mol. The van der Waals surface area contributed by atoms with Gasteiger partial charge < -0.3 is 5.32 Å². The van der Waals surface area contributed by atoms with Crippen LogP contribution in [-0.2, 0) is 0 Å². The number of rotatable bonds is 4. The number of halogens is 2. The minimum absolute atomic E-state index is 0.169. The molecule has 0 aliphatic heterocycles. The van der Waals surface area contributed by atoms with Crippen LogP contribution >= 0.6 is 33.9 Å². The van der Waals surface area contributed by atoms with Gasteiger partial charge in [0.15, 0.2) is 0 Å². The number of hydrogen-bond acceptors (Lipinski definition) is 3. The molecule has 0 radical (unpaired) electrons. The van der Waals surface area contributed by atoms with Crippen LogP contribution in [0, 0.1) is 9.39 Å². The van der Waals surface area contributed by atoms with Crippen molar-refractivity contribution in [2.75, 3.05) is 6.54 Å². The number of amides is 1. The molecule has 3 nitrogen and oxygen atoms in total. The summed E-state index contributed by atoms with van der Waals surface area (Å²) in [5.74, 6) is -0.355. The van der Waals surface area contributed by atoms with Crippen LogP contribution in [0.5, 0.6) is 0 Å². The lowest BCUT2D eigenvalue weighted by Gasteiger charge is -2.11. The highest BCUT2D eigenvalue weighted by Crippen LogP contribution is 2.17. The Hall–Kier alpha value is -1.02. The van der Waals surface area contributed by atoms with E-state index >= 15 is 0 Å².